The van der Waals surface area contributed by atoms with Crippen molar-refractivity contribution in [1.82, 2.24) is 5.32 Å². The molecule has 2 N–H and O–H groups in total. The molecular formula is C20H23NO3S. The summed E-state index contributed by atoms with van der Waals surface area (Å²) < 4.78 is 5.43. The van der Waals surface area contributed by atoms with Gasteiger partial charge < -0.3 is 15.2 Å². The van der Waals surface area contributed by atoms with E-state index in [1.807, 2.05) is 47.2 Å². The van der Waals surface area contributed by atoms with E-state index in [2.05, 4.69) is 5.32 Å². The predicted octanol–water partition coefficient (Wildman–Crippen LogP) is 3.19. The number of carbonyl (C=O) groups excluding carboxylic acids is 1. The molecule has 0 aliphatic carbocycles. The molecule has 1 saturated heterocycles. The Bertz CT molecular complexity index is 693. The lowest BCUT2D eigenvalue weighted by atomic mass is 9.77. The lowest BCUT2D eigenvalue weighted by Crippen LogP contribution is -2.47. The first-order chi connectivity index (χ1) is 12.2. The van der Waals surface area contributed by atoms with Gasteiger partial charge in [-0.25, -0.2) is 0 Å². The Morgan fingerprint density at radius 2 is 2.04 bits per heavy atom. The van der Waals surface area contributed by atoms with Gasteiger partial charge in [0.15, 0.2) is 0 Å². The maximum absolute atomic E-state index is 12.2. The molecule has 25 heavy (non-hydrogen) atoms. The van der Waals surface area contributed by atoms with Crippen LogP contribution in [0, 0.1) is 5.92 Å². The quantitative estimate of drug-likeness (QED) is 0.781. The first-order valence-electron chi connectivity index (χ1n) is 8.52. The summed E-state index contributed by atoms with van der Waals surface area (Å²) in [6, 6.07) is 11.5. The highest BCUT2D eigenvalue weighted by Gasteiger charge is 2.39. The molecule has 0 saturated carbocycles. The van der Waals surface area contributed by atoms with E-state index >= 15 is 0 Å². The number of aliphatic hydroxyl groups is 1. The van der Waals surface area contributed by atoms with Crippen LogP contribution in [-0.4, -0.2) is 30.8 Å². The number of amides is 1. The molecule has 4 nitrogen and oxygen atoms in total. The van der Waals surface area contributed by atoms with E-state index in [9.17, 15) is 9.90 Å². The Labute approximate surface area is 152 Å². The second kappa shape index (κ2) is 8.43. The van der Waals surface area contributed by atoms with E-state index in [1.165, 1.54) is 6.08 Å². The molecule has 1 fully saturated rings. The van der Waals surface area contributed by atoms with E-state index in [-0.39, 0.29) is 18.4 Å². The van der Waals surface area contributed by atoms with E-state index < -0.39 is 5.60 Å². The molecule has 1 atom stereocenters. The number of rotatable bonds is 6. The summed E-state index contributed by atoms with van der Waals surface area (Å²) in [6.07, 6.45) is 4.86. The highest BCUT2D eigenvalue weighted by Crippen LogP contribution is 2.35. The van der Waals surface area contributed by atoms with Gasteiger partial charge in [0.1, 0.15) is 5.60 Å². The largest absolute Gasteiger partial charge is 0.383 e. The van der Waals surface area contributed by atoms with Gasteiger partial charge in [-0.15, -0.1) is 0 Å². The average molecular weight is 357 g/mol. The van der Waals surface area contributed by atoms with Crippen molar-refractivity contribution in [2.45, 2.75) is 18.4 Å². The molecule has 0 spiro atoms. The van der Waals surface area contributed by atoms with Crippen molar-refractivity contribution >= 4 is 23.3 Å². The molecule has 1 amide bonds. The van der Waals surface area contributed by atoms with Crippen LogP contribution in [0.2, 0.25) is 0 Å². The van der Waals surface area contributed by atoms with Crippen LogP contribution in [0.25, 0.3) is 6.08 Å². The number of nitrogens with one attached hydrogen (secondary N) is 1. The standard InChI is InChI=1S/C20H23NO3S/c22-19(7-6-16-10-13-25-14-16)21-15-20(23,17-4-2-1-3-5-17)18-8-11-24-12-9-18/h1-7,10,13-14,18,23H,8-9,11-12,15H2,(H,21,22)/b7-6+/t20-/m0/s1. The number of thiophene rings is 1. The van der Waals surface area contributed by atoms with Crippen LogP contribution in [0.5, 0.6) is 0 Å². The van der Waals surface area contributed by atoms with Gasteiger partial charge in [0.05, 0.1) is 6.54 Å². The third-order valence-electron chi connectivity index (χ3n) is 4.67. The Morgan fingerprint density at radius 1 is 1.28 bits per heavy atom. The number of hydrogen-bond donors (Lipinski definition) is 2. The Balaban J connectivity index is 1.70. The summed E-state index contributed by atoms with van der Waals surface area (Å²) in [7, 11) is 0. The number of benzene rings is 1. The first-order valence-corrected chi connectivity index (χ1v) is 9.46. The van der Waals surface area contributed by atoms with E-state index in [0.717, 1.165) is 24.0 Å². The zero-order chi connectivity index (χ0) is 17.5. The van der Waals surface area contributed by atoms with Crippen LogP contribution >= 0.6 is 11.3 Å². The molecule has 2 aromatic rings. The summed E-state index contributed by atoms with van der Waals surface area (Å²) in [4.78, 5) is 12.2. The molecule has 132 valence electrons. The van der Waals surface area contributed by atoms with Crippen molar-refractivity contribution in [2.24, 2.45) is 5.92 Å². The van der Waals surface area contributed by atoms with Gasteiger partial charge in [0.2, 0.25) is 5.91 Å². The fourth-order valence-corrected chi connectivity index (χ4v) is 3.84. The fourth-order valence-electron chi connectivity index (χ4n) is 3.21. The minimum atomic E-state index is -1.09. The maximum atomic E-state index is 12.2. The zero-order valence-corrected chi connectivity index (χ0v) is 14.9. The van der Waals surface area contributed by atoms with Crippen molar-refractivity contribution < 1.29 is 14.6 Å². The van der Waals surface area contributed by atoms with Gasteiger partial charge >= 0.3 is 0 Å². The van der Waals surface area contributed by atoms with Gasteiger partial charge in [0.25, 0.3) is 0 Å². The monoisotopic (exact) mass is 357 g/mol. The third-order valence-corrected chi connectivity index (χ3v) is 5.37. The molecule has 3 rings (SSSR count). The van der Waals surface area contributed by atoms with Crippen molar-refractivity contribution in [2.75, 3.05) is 19.8 Å². The lowest BCUT2D eigenvalue weighted by molar-refractivity contribution is -0.119. The topological polar surface area (TPSA) is 58.6 Å². The van der Waals surface area contributed by atoms with E-state index in [0.29, 0.717) is 13.2 Å². The van der Waals surface area contributed by atoms with Crippen molar-refractivity contribution in [3.63, 3.8) is 0 Å². The van der Waals surface area contributed by atoms with Crippen molar-refractivity contribution in [3.8, 4) is 0 Å². The summed E-state index contributed by atoms with van der Waals surface area (Å²) in [5.41, 5.74) is 0.753. The van der Waals surface area contributed by atoms with Gasteiger partial charge in [-0.05, 0) is 52.8 Å². The Morgan fingerprint density at radius 3 is 2.72 bits per heavy atom. The SMILES string of the molecule is O=C(/C=C/c1ccsc1)NC[C@](O)(c1ccccc1)C1CCOCC1. The Hall–Kier alpha value is -1.95. The molecule has 1 aliphatic heterocycles. The summed E-state index contributed by atoms with van der Waals surface area (Å²) in [5.74, 6) is -0.141. The van der Waals surface area contributed by atoms with Gasteiger partial charge in [-0.1, -0.05) is 30.3 Å². The lowest BCUT2D eigenvalue weighted by Gasteiger charge is -2.39. The molecule has 1 aromatic carbocycles. The minimum Gasteiger partial charge on any atom is -0.383 e. The molecule has 5 heteroatoms. The smallest absolute Gasteiger partial charge is 0.244 e. The van der Waals surface area contributed by atoms with Crippen molar-refractivity contribution in [1.29, 1.82) is 0 Å². The van der Waals surface area contributed by atoms with E-state index in [4.69, 9.17) is 4.74 Å². The second-order valence-electron chi connectivity index (χ2n) is 6.28. The second-order valence-corrected chi connectivity index (χ2v) is 7.06. The maximum Gasteiger partial charge on any atom is 0.244 e. The van der Waals surface area contributed by atoms with Crippen LogP contribution < -0.4 is 5.32 Å². The van der Waals surface area contributed by atoms with Gasteiger partial charge in [0, 0.05) is 19.3 Å². The highest BCUT2D eigenvalue weighted by atomic mass is 32.1. The number of hydrogen-bond acceptors (Lipinski definition) is 4. The third kappa shape index (κ3) is 4.57. The van der Waals surface area contributed by atoms with Crippen molar-refractivity contribution in [3.05, 3.63) is 64.4 Å². The van der Waals surface area contributed by atoms with Gasteiger partial charge in [-0.2, -0.15) is 11.3 Å². The summed E-state index contributed by atoms with van der Waals surface area (Å²) in [6.45, 7) is 1.48. The molecule has 2 heterocycles. The van der Waals surface area contributed by atoms with Crippen LogP contribution in [0.3, 0.4) is 0 Å². The van der Waals surface area contributed by atoms with Gasteiger partial charge in [-0.3, -0.25) is 4.79 Å². The summed E-state index contributed by atoms with van der Waals surface area (Å²) in [5, 5.41) is 18.2. The zero-order valence-electron chi connectivity index (χ0n) is 14.1. The number of ether oxygens (including phenoxy) is 1. The summed E-state index contributed by atoms with van der Waals surface area (Å²) >= 11 is 1.59. The molecule has 0 radical (unpaired) electrons. The molecule has 0 unspecified atom stereocenters. The first kappa shape index (κ1) is 17.9. The number of carbonyl (C=O) groups is 1. The molecular weight excluding hydrogens is 334 g/mol. The minimum absolute atomic E-state index is 0.0600. The van der Waals surface area contributed by atoms with Crippen LogP contribution in [-0.2, 0) is 15.1 Å². The highest BCUT2D eigenvalue weighted by molar-refractivity contribution is 7.08. The van der Waals surface area contributed by atoms with Crippen LogP contribution in [0.1, 0.15) is 24.0 Å². The average Bonchev–Trinajstić information content (AvgIpc) is 3.19. The Kier molecular flexibility index (Phi) is 6.02. The fraction of sp³-hybridized carbons (Fsp3) is 0.350. The predicted molar refractivity (Wildman–Crippen MR) is 100 cm³/mol. The van der Waals surface area contributed by atoms with Crippen LogP contribution in [0.15, 0.2) is 53.2 Å². The molecule has 0 bridgehead atoms. The molecule has 1 aliphatic rings. The normalized spacial score (nSPS) is 18.1. The van der Waals surface area contributed by atoms with E-state index in [1.54, 1.807) is 17.4 Å². The molecule has 1 aromatic heterocycles. The van der Waals surface area contributed by atoms with Crippen LogP contribution in [0.4, 0.5) is 0 Å².